The maximum Gasteiger partial charge on any atom is 0.221 e. The molecule has 0 saturated carbocycles. The van der Waals surface area contributed by atoms with Gasteiger partial charge in [0.25, 0.3) is 0 Å². The van der Waals surface area contributed by atoms with Crippen LogP contribution in [-0.2, 0) is 10.2 Å². The number of phenolic OH excluding ortho intramolecular Hbond substituents is 1. The van der Waals surface area contributed by atoms with Crippen molar-refractivity contribution in [2.24, 2.45) is 0 Å². The largest absolute Gasteiger partial charge is 0.508 e. The van der Waals surface area contributed by atoms with Crippen LogP contribution in [0.4, 0.5) is 0 Å². The molecule has 0 spiro atoms. The molecule has 1 atom stereocenters. The van der Waals surface area contributed by atoms with Crippen molar-refractivity contribution >= 4 is 5.91 Å². The smallest absolute Gasteiger partial charge is 0.221 e. The van der Waals surface area contributed by atoms with Gasteiger partial charge in [-0.25, -0.2) is 0 Å². The molecule has 0 saturated heterocycles. The molecule has 4 N–H and O–H groups in total. The van der Waals surface area contributed by atoms with Gasteiger partial charge in [-0.1, -0.05) is 46.8 Å². The van der Waals surface area contributed by atoms with E-state index >= 15 is 0 Å². The van der Waals surface area contributed by atoms with Crippen LogP contribution < -0.4 is 5.32 Å². The lowest BCUT2D eigenvalue weighted by atomic mass is 9.82. The Morgan fingerprint density at radius 2 is 1.76 bits per heavy atom. The van der Waals surface area contributed by atoms with Gasteiger partial charge in [-0.05, 0) is 41.4 Å². The van der Waals surface area contributed by atoms with Crippen molar-refractivity contribution in [2.45, 2.75) is 70.8 Å². The van der Waals surface area contributed by atoms with Crippen LogP contribution in [0.5, 0.6) is 5.75 Å². The van der Waals surface area contributed by atoms with E-state index in [9.17, 15) is 20.1 Å². The lowest BCUT2D eigenvalue weighted by Gasteiger charge is -2.30. The second-order valence-corrected chi connectivity index (χ2v) is 7.83. The van der Waals surface area contributed by atoms with Crippen LogP contribution in [0.2, 0.25) is 0 Å². The van der Waals surface area contributed by atoms with E-state index in [1.54, 1.807) is 6.07 Å². The summed E-state index contributed by atoms with van der Waals surface area (Å²) in [7, 11) is 0. The second kappa shape index (κ2) is 8.68. The standard InChI is InChI=1S/C20H33NO4/c1-6-14(11-18(25)21-20(7-2,12-22)13-23)15-8-9-17(24)16(10-15)19(3,4)5/h8-10,14,22-24H,6-7,11-13H2,1-5H3,(H,21,25). The van der Waals surface area contributed by atoms with Gasteiger partial charge in [0, 0.05) is 6.42 Å². The Hall–Kier alpha value is -1.59. The topological polar surface area (TPSA) is 89.8 Å². The van der Waals surface area contributed by atoms with E-state index in [2.05, 4.69) is 5.32 Å². The van der Waals surface area contributed by atoms with Crippen LogP contribution in [0.25, 0.3) is 0 Å². The average molecular weight is 351 g/mol. The van der Waals surface area contributed by atoms with E-state index in [1.165, 1.54) is 0 Å². The molecule has 0 radical (unpaired) electrons. The fourth-order valence-corrected chi connectivity index (χ4v) is 2.92. The van der Waals surface area contributed by atoms with Gasteiger partial charge in [0.15, 0.2) is 0 Å². The number of hydrogen-bond acceptors (Lipinski definition) is 4. The van der Waals surface area contributed by atoms with Gasteiger partial charge in [-0.15, -0.1) is 0 Å². The molecule has 0 aliphatic heterocycles. The number of amides is 1. The Morgan fingerprint density at radius 1 is 1.16 bits per heavy atom. The van der Waals surface area contributed by atoms with Crippen LogP contribution >= 0.6 is 0 Å². The molecule has 25 heavy (non-hydrogen) atoms. The average Bonchev–Trinajstić information content (AvgIpc) is 2.57. The summed E-state index contributed by atoms with van der Waals surface area (Å²) in [6, 6.07) is 5.52. The first-order valence-corrected chi connectivity index (χ1v) is 8.98. The zero-order valence-corrected chi connectivity index (χ0v) is 16.1. The van der Waals surface area contributed by atoms with E-state index in [1.807, 2.05) is 46.8 Å². The maximum absolute atomic E-state index is 12.4. The zero-order valence-electron chi connectivity index (χ0n) is 16.1. The molecule has 142 valence electrons. The van der Waals surface area contributed by atoms with Crippen molar-refractivity contribution in [2.75, 3.05) is 13.2 Å². The molecule has 0 aliphatic carbocycles. The molecular weight excluding hydrogens is 318 g/mol. The Kier molecular flexibility index (Phi) is 7.44. The third kappa shape index (κ3) is 5.44. The number of aromatic hydroxyl groups is 1. The van der Waals surface area contributed by atoms with Gasteiger partial charge in [0.2, 0.25) is 5.91 Å². The summed E-state index contributed by atoms with van der Waals surface area (Å²) in [5.41, 5.74) is 0.708. The number of carbonyl (C=O) groups excluding carboxylic acids is 1. The summed E-state index contributed by atoms with van der Waals surface area (Å²) in [4.78, 5) is 12.4. The third-order valence-electron chi connectivity index (χ3n) is 4.91. The predicted octanol–water partition coefficient (Wildman–Crippen LogP) is 2.82. The SMILES string of the molecule is CCC(CC(=O)NC(CC)(CO)CO)c1ccc(O)c(C(C)(C)C)c1. The summed E-state index contributed by atoms with van der Waals surface area (Å²) >= 11 is 0. The first-order valence-electron chi connectivity index (χ1n) is 8.98. The molecule has 5 heteroatoms. The second-order valence-electron chi connectivity index (χ2n) is 7.83. The molecule has 0 aliphatic rings. The highest BCUT2D eigenvalue weighted by Crippen LogP contribution is 2.34. The van der Waals surface area contributed by atoms with Gasteiger partial charge >= 0.3 is 0 Å². The minimum Gasteiger partial charge on any atom is -0.508 e. The van der Waals surface area contributed by atoms with Gasteiger partial charge in [-0.3, -0.25) is 4.79 Å². The number of aliphatic hydroxyl groups is 2. The van der Waals surface area contributed by atoms with E-state index < -0.39 is 5.54 Å². The van der Waals surface area contributed by atoms with Gasteiger partial charge in [-0.2, -0.15) is 0 Å². The minimum atomic E-state index is -0.971. The number of phenols is 1. The third-order valence-corrected chi connectivity index (χ3v) is 4.91. The molecule has 1 amide bonds. The molecule has 0 aromatic heterocycles. The van der Waals surface area contributed by atoms with Crippen LogP contribution in [-0.4, -0.2) is 40.0 Å². The first kappa shape index (κ1) is 21.5. The summed E-state index contributed by atoms with van der Waals surface area (Å²) in [6.07, 6.45) is 1.50. The normalized spacial score (nSPS) is 13.6. The lowest BCUT2D eigenvalue weighted by Crippen LogP contribution is -2.54. The van der Waals surface area contributed by atoms with Crippen molar-refractivity contribution in [1.29, 1.82) is 0 Å². The van der Waals surface area contributed by atoms with E-state index in [-0.39, 0.29) is 42.6 Å². The Morgan fingerprint density at radius 3 is 2.20 bits per heavy atom. The number of hydrogen-bond donors (Lipinski definition) is 4. The zero-order chi connectivity index (χ0) is 19.3. The Labute approximate surface area is 151 Å². The van der Waals surface area contributed by atoms with Crippen LogP contribution in [0.1, 0.15) is 70.9 Å². The monoisotopic (exact) mass is 351 g/mol. The summed E-state index contributed by atoms with van der Waals surface area (Å²) in [5.74, 6) is 0.0805. The molecule has 1 aromatic rings. The quantitative estimate of drug-likeness (QED) is 0.580. The van der Waals surface area contributed by atoms with Crippen molar-refractivity contribution in [3.05, 3.63) is 29.3 Å². The molecule has 1 rings (SSSR count). The molecule has 0 bridgehead atoms. The molecule has 0 fully saturated rings. The maximum atomic E-state index is 12.4. The van der Waals surface area contributed by atoms with Crippen molar-refractivity contribution in [1.82, 2.24) is 5.32 Å². The molecule has 0 heterocycles. The van der Waals surface area contributed by atoms with Crippen molar-refractivity contribution in [3.63, 3.8) is 0 Å². The van der Waals surface area contributed by atoms with E-state index in [0.717, 1.165) is 17.5 Å². The highest BCUT2D eigenvalue weighted by Gasteiger charge is 2.29. The summed E-state index contributed by atoms with van der Waals surface area (Å²) < 4.78 is 0. The van der Waals surface area contributed by atoms with Crippen LogP contribution in [0.3, 0.4) is 0 Å². The molecule has 5 nitrogen and oxygen atoms in total. The van der Waals surface area contributed by atoms with E-state index in [4.69, 9.17) is 0 Å². The molecule has 1 aromatic carbocycles. The fraction of sp³-hybridized carbons (Fsp3) is 0.650. The Bertz CT molecular complexity index is 565. The number of rotatable bonds is 8. The summed E-state index contributed by atoms with van der Waals surface area (Å²) in [5, 5.41) is 31.9. The number of carbonyl (C=O) groups is 1. The number of benzene rings is 1. The van der Waals surface area contributed by atoms with E-state index in [0.29, 0.717) is 6.42 Å². The number of aliphatic hydroxyl groups excluding tert-OH is 2. The van der Waals surface area contributed by atoms with Gasteiger partial charge < -0.3 is 20.6 Å². The highest BCUT2D eigenvalue weighted by atomic mass is 16.3. The van der Waals surface area contributed by atoms with Crippen LogP contribution in [0.15, 0.2) is 18.2 Å². The number of nitrogens with one attached hydrogen (secondary N) is 1. The van der Waals surface area contributed by atoms with Gasteiger partial charge in [0.05, 0.1) is 18.8 Å². The first-order chi connectivity index (χ1) is 11.6. The summed E-state index contributed by atoms with van der Waals surface area (Å²) in [6.45, 7) is 9.37. The molecular formula is C20H33NO4. The van der Waals surface area contributed by atoms with Crippen molar-refractivity contribution < 1.29 is 20.1 Å². The van der Waals surface area contributed by atoms with Crippen molar-refractivity contribution in [3.8, 4) is 5.75 Å². The fourth-order valence-electron chi connectivity index (χ4n) is 2.92. The molecule has 1 unspecified atom stereocenters. The van der Waals surface area contributed by atoms with Gasteiger partial charge in [0.1, 0.15) is 5.75 Å². The van der Waals surface area contributed by atoms with Crippen LogP contribution in [0, 0.1) is 0 Å². The lowest BCUT2D eigenvalue weighted by molar-refractivity contribution is -0.124. The predicted molar refractivity (Wildman–Crippen MR) is 99.8 cm³/mol. The Balaban J connectivity index is 2.98. The minimum absolute atomic E-state index is 0.00800. The highest BCUT2D eigenvalue weighted by molar-refractivity contribution is 5.77.